The third-order valence-corrected chi connectivity index (χ3v) is 2.93. The third kappa shape index (κ3) is 4.27. The maximum Gasteiger partial charge on any atom is 0.510 e. The average Bonchev–Trinajstić information content (AvgIpc) is 2.74. The zero-order chi connectivity index (χ0) is 14.3. The van der Waals surface area contributed by atoms with Crippen molar-refractivity contribution in [2.45, 2.75) is 32.9 Å². The zero-order valence-corrected chi connectivity index (χ0v) is 11.3. The summed E-state index contributed by atoms with van der Waals surface area (Å²) in [5.41, 5.74) is 0. The lowest BCUT2D eigenvalue weighted by atomic mass is 10.0. The molecule has 0 aliphatic carbocycles. The van der Waals surface area contributed by atoms with E-state index in [4.69, 9.17) is 19.3 Å². The van der Waals surface area contributed by atoms with E-state index in [0.717, 1.165) is 0 Å². The Bertz CT molecular complexity index is 309. The van der Waals surface area contributed by atoms with Crippen molar-refractivity contribution in [1.29, 1.82) is 0 Å². The van der Waals surface area contributed by atoms with Crippen molar-refractivity contribution in [3.05, 3.63) is 0 Å². The first-order valence-electron chi connectivity index (χ1n) is 6.51. The monoisotopic (exact) mass is 275 g/mol. The fraction of sp³-hybridized carbons (Fsp3) is 0.833. The summed E-state index contributed by atoms with van der Waals surface area (Å²) >= 11 is 0. The lowest BCUT2D eigenvalue weighted by Gasteiger charge is -2.26. The van der Waals surface area contributed by atoms with Crippen LogP contribution in [0.4, 0.5) is 9.59 Å². The third-order valence-electron chi connectivity index (χ3n) is 2.93. The Balaban J connectivity index is 2.68. The number of amides is 1. The van der Waals surface area contributed by atoms with E-state index in [-0.39, 0.29) is 25.7 Å². The molecule has 1 N–H and O–H groups in total. The number of carbonyl (C=O) groups is 2. The molecular weight excluding hydrogens is 254 g/mol. The molecule has 0 radical (unpaired) electrons. The Labute approximate surface area is 112 Å². The molecule has 0 aromatic rings. The van der Waals surface area contributed by atoms with E-state index in [9.17, 15) is 9.59 Å². The van der Waals surface area contributed by atoms with Crippen LogP contribution in [0.3, 0.4) is 0 Å². The first-order valence-corrected chi connectivity index (χ1v) is 6.51. The SMILES string of the molecule is CCOC(=O)OC1C(CCO)CCN1C(=O)OCC. The van der Waals surface area contributed by atoms with E-state index in [1.165, 1.54) is 4.90 Å². The summed E-state index contributed by atoms with van der Waals surface area (Å²) in [7, 11) is 0. The predicted molar refractivity (Wildman–Crippen MR) is 65.4 cm³/mol. The van der Waals surface area contributed by atoms with Gasteiger partial charge in [-0.05, 0) is 26.7 Å². The standard InChI is InChI=1S/C12H21NO6/c1-3-17-11(15)13-7-5-9(6-8-14)10(13)19-12(16)18-4-2/h9-10,14H,3-8H2,1-2H3. The van der Waals surface area contributed by atoms with Gasteiger partial charge in [-0.2, -0.15) is 0 Å². The molecule has 1 aliphatic rings. The molecule has 0 bridgehead atoms. The molecule has 7 heteroatoms. The lowest BCUT2D eigenvalue weighted by molar-refractivity contribution is -0.0454. The summed E-state index contributed by atoms with van der Waals surface area (Å²) in [6.45, 7) is 4.25. The highest BCUT2D eigenvalue weighted by molar-refractivity contribution is 5.69. The van der Waals surface area contributed by atoms with E-state index < -0.39 is 18.5 Å². The van der Waals surface area contributed by atoms with E-state index >= 15 is 0 Å². The second kappa shape index (κ2) is 7.83. The number of aliphatic hydroxyl groups excluding tert-OH is 1. The van der Waals surface area contributed by atoms with Crippen molar-refractivity contribution < 1.29 is 28.9 Å². The smallest absolute Gasteiger partial charge is 0.450 e. The minimum atomic E-state index is -0.813. The van der Waals surface area contributed by atoms with Gasteiger partial charge in [0.15, 0.2) is 6.23 Å². The highest BCUT2D eigenvalue weighted by Gasteiger charge is 2.40. The second-order valence-electron chi connectivity index (χ2n) is 4.14. The van der Waals surface area contributed by atoms with Crippen LogP contribution >= 0.6 is 0 Å². The molecular formula is C12H21NO6. The van der Waals surface area contributed by atoms with Gasteiger partial charge < -0.3 is 19.3 Å². The molecule has 2 unspecified atom stereocenters. The molecule has 7 nitrogen and oxygen atoms in total. The summed E-state index contributed by atoms with van der Waals surface area (Å²) in [4.78, 5) is 24.5. The Kier molecular flexibility index (Phi) is 6.41. The molecule has 110 valence electrons. The van der Waals surface area contributed by atoms with Crippen molar-refractivity contribution in [2.75, 3.05) is 26.4 Å². The quantitative estimate of drug-likeness (QED) is 0.762. The van der Waals surface area contributed by atoms with Crippen LogP contribution in [0, 0.1) is 5.92 Å². The number of hydrogen-bond acceptors (Lipinski definition) is 6. The lowest BCUT2D eigenvalue weighted by Crippen LogP contribution is -2.41. The van der Waals surface area contributed by atoms with Gasteiger partial charge in [0, 0.05) is 19.1 Å². The number of carbonyl (C=O) groups excluding carboxylic acids is 2. The average molecular weight is 275 g/mol. The molecule has 19 heavy (non-hydrogen) atoms. The molecule has 0 spiro atoms. The molecule has 1 amide bonds. The molecule has 1 aliphatic heterocycles. The van der Waals surface area contributed by atoms with Crippen LogP contribution < -0.4 is 0 Å². The summed E-state index contributed by atoms with van der Waals surface area (Å²) in [6, 6.07) is 0. The summed E-state index contributed by atoms with van der Waals surface area (Å²) in [6.07, 6.45) is -0.946. The van der Waals surface area contributed by atoms with E-state index in [1.807, 2.05) is 0 Å². The normalized spacial score (nSPS) is 22.2. The Morgan fingerprint density at radius 2 is 1.95 bits per heavy atom. The molecule has 0 aromatic carbocycles. The topological polar surface area (TPSA) is 85.3 Å². The summed E-state index contributed by atoms with van der Waals surface area (Å²) < 4.78 is 14.8. The van der Waals surface area contributed by atoms with Crippen molar-refractivity contribution >= 4 is 12.2 Å². The first-order chi connectivity index (χ1) is 9.13. The highest BCUT2D eigenvalue weighted by Crippen LogP contribution is 2.28. The number of hydrogen-bond donors (Lipinski definition) is 1. The van der Waals surface area contributed by atoms with Gasteiger partial charge in [-0.3, -0.25) is 4.90 Å². The van der Waals surface area contributed by atoms with Crippen LogP contribution in [-0.4, -0.2) is 54.8 Å². The van der Waals surface area contributed by atoms with Gasteiger partial charge in [0.05, 0.1) is 13.2 Å². The number of nitrogens with zero attached hydrogens (tertiary/aromatic N) is 1. The van der Waals surface area contributed by atoms with E-state index in [2.05, 4.69) is 0 Å². The molecule has 0 saturated carbocycles. The van der Waals surface area contributed by atoms with Crippen LogP contribution in [-0.2, 0) is 14.2 Å². The Morgan fingerprint density at radius 3 is 2.53 bits per heavy atom. The molecule has 1 fully saturated rings. The van der Waals surface area contributed by atoms with Crippen molar-refractivity contribution in [3.63, 3.8) is 0 Å². The van der Waals surface area contributed by atoms with Crippen molar-refractivity contribution in [1.82, 2.24) is 4.90 Å². The number of likely N-dealkylation sites (tertiary alicyclic amines) is 1. The largest absolute Gasteiger partial charge is 0.510 e. The van der Waals surface area contributed by atoms with Gasteiger partial charge in [0.2, 0.25) is 0 Å². The molecule has 1 rings (SSSR count). The van der Waals surface area contributed by atoms with Crippen LogP contribution in [0.5, 0.6) is 0 Å². The van der Waals surface area contributed by atoms with Gasteiger partial charge in [0.1, 0.15) is 0 Å². The predicted octanol–water partition coefficient (Wildman–Crippen LogP) is 1.35. The fourth-order valence-electron chi connectivity index (χ4n) is 2.09. The highest BCUT2D eigenvalue weighted by atomic mass is 16.7. The van der Waals surface area contributed by atoms with Crippen molar-refractivity contribution in [3.8, 4) is 0 Å². The van der Waals surface area contributed by atoms with E-state index in [0.29, 0.717) is 19.4 Å². The van der Waals surface area contributed by atoms with Gasteiger partial charge >= 0.3 is 12.2 Å². The Morgan fingerprint density at radius 1 is 1.26 bits per heavy atom. The molecule has 1 heterocycles. The van der Waals surface area contributed by atoms with Crippen LogP contribution in [0.1, 0.15) is 26.7 Å². The van der Waals surface area contributed by atoms with Gasteiger partial charge in [-0.1, -0.05) is 0 Å². The molecule has 2 atom stereocenters. The van der Waals surface area contributed by atoms with Crippen LogP contribution in [0.25, 0.3) is 0 Å². The maximum atomic E-state index is 11.8. The van der Waals surface area contributed by atoms with Crippen LogP contribution in [0.2, 0.25) is 0 Å². The zero-order valence-electron chi connectivity index (χ0n) is 11.3. The van der Waals surface area contributed by atoms with Gasteiger partial charge in [-0.15, -0.1) is 0 Å². The van der Waals surface area contributed by atoms with Crippen molar-refractivity contribution in [2.24, 2.45) is 5.92 Å². The Hall–Kier alpha value is -1.50. The van der Waals surface area contributed by atoms with E-state index in [1.54, 1.807) is 13.8 Å². The number of ether oxygens (including phenoxy) is 3. The van der Waals surface area contributed by atoms with Gasteiger partial charge in [0.25, 0.3) is 0 Å². The minimum absolute atomic E-state index is 0.0238. The molecule has 1 saturated heterocycles. The first kappa shape index (κ1) is 15.6. The minimum Gasteiger partial charge on any atom is -0.450 e. The number of rotatable bonds is 5. The second-order valence-corrected chi connectivity index (χ2v) is 4.14. The van der Waals surface area contributed by atoms with Gasteiger partial charge in [-0.25, -0.2) is 9.59 Å². The summed E-state index contributed by atoms with van der Waals surface area (Å²) in [5, 5.41) is 9.00. The number of aliphatic hydroxyl groups is 1. The summed E-state index contributed by atoms with van der Waals surface area (Å²) in [5.74, 6) is -0.0983. The fourth-order valence-corrected chi connectivity index (χ4v) is 2.09. The maximum absolute atomic E-state index is 11.8. The van der Waals surface area contributed by atoms with Crippen LogP contribution in [0.15, 0.2) is 0 Å². The molecule has 0 aromatic heterocycles.